The Hall–Kier alpha value is -3.79. The van der Waals surface area contributed by atoms with Crippen LogP contribution in [0, 0.1) is 6.92 Å². The van der Waals surface area contributed by atoms with E-state index < -0.39 is 5.91 Å². The standard InChI is InChI=1S/C21H22ClN5O5/c1-12-20(21(29)24-16-10-14(30-2)6-8-18(16)32-4)25-26-27(12)11-19(28)23-13-5-7-17(31-3)15(22)9-13/h5-10H,11H2,1-4H3,(H,23,28)(H,24,29). The molecular weight excluding hydrogens is 438 g/mol. The van der Waals surface area contributed by atoms with Gasteiger partial charge in [-0.1, -0.05) is 16.8 Å². The molecule has 11 heteroatoms. The van der Waals surface area contributed by atoms with E-state index in [9.17, 15) is 9.59 Å². The van der Waals surface area contributed by atoms with Crippen LogP contribution in [0.1, 0.15) is 16.2 Å². The van der Waals surface area contributed by atoms with Crippen molar-refractivity contribution in [1.82, 2.24) is 15.0 Å². The molecule has 168 valence electrons. The lowest BCUT2D eigenvalue weighted by atomic mass is 10.2. The van der Waals surface area contributed by atoms with Crippen molar-refractivity contribution in [2.24, 2.45) is 0 Å². The van der Waals surface area contributed by atoms with Gasteiger partial charge in [0.25, 0.3) is 5.91 Å². The van der Waals surface area contributed by atoms with E-state index in [1.165, 1.54) is 26.0 Å². The summed E-state index contributed by atoms with van der Waals surface area (Å²) >= 11 is 6.08. The number of nitrogens with zero attached hydrogens (tertiary/aromatic N) is 3. The molecule has 0 saturated heterocycles. The molecule has 0 radical (unpaired) electrons. The number of amides is 2. The summed E-state index contributed by atoms with van der Waals surface area (Å²) in [5.74, 6) is 0.655. The Morgan fingerprint density at radius 3 is 2.38 bits per heavy atom. The minimum atomic E-state index is -0.498. The summed E-state index contributed by atoms with van der Waals surface area (Å²) < 4.78 is 16.9. The minimum Gasteiger partial charge on any atom is -0.497 e. The van der Waals surface area contributed by atoms with E-state index in [0.29, 0.717) is 39.3 Å². The van der Waals surface area contributed by atoms with Gasteiger partial charge >= 0.3 is 0 Å². The van der Waals surface area contributed by atoms with Crippen molar-refractivity contribution in [2.75, 3.05) is 32.0 Å². The summed E-state index contributed by atoms with van der Waals surface area (Å²) in [6.07, 6.45) is 0. The Morgan fingerprint density at radius 2 is 1.72 bits per heavy atom. The average molecular weight is 460 g/mol. The monoisotopic (exact) mass is 459 g/mol. The number of benzene rings is 2. The molecule has 0 aliphatic carbocycles. The number of aromatic nitrogens is 3. The zero-order chi connectivity index (χ0) is 23.3. The van der Waals surface area contributed by atoms with E-state index in [4.69, 9.17) is 25.8 Å². The predicted octanol–water partition coefficient (Wildman–Crippen LogP) is 3.16. The summed E-state index contributed by atoms with van der Waals surface area (Å²) in [5.41, 5.74) is 1.42. The van der Waals surface area contributed by atoms with Crippen LogP contribution in [0.25, 0.3) is 0 Å². The van der Waals surface area contributed by atoms with Crippen LogP contribution in [-0.4, -0.2) is 48.1 Å². The molecule has 0 unspecified atom stereocenters. The van der Waals surface area contributed by atoms with Crippen LogP contribution < -0.4 is 24.8 Å². The minimum absolute atomic E-state index is 0.0789. The molecule has 0 fully saturated rings. The molecule has 3 aromatic rings. The number of carbonyl (C=O) groups excluding carboxylic acids is 2. The molecule has 0 bridgehead atoms. The first-order valence-corrected chi connectivity index (χ1v) is 9.81. The van der Waals surface area contributed by atoms with E-state index in [2.05, 4.69) is 20.9 Å². The van der Waals surface area contributed by atoms with Crippen LogP contribution in [0.2, 0.25) is 5.02 Å². The molecule has 0 saturated carbocycles. The maximum atomic E-state index is 12.7. The second-order valence-electron chi connectivity index (χ2n) is 6.60. The van der Waals surface area contributed by atoms with Crippen molar-refractivity contribution in [3.8, 4) is 17.2 Å². The molecule has 1 aromatic heterocycles. The van der Waals surface area contributed by atoms with Gasteiger partial charge in [0.1, 0.15) is 23.8 Å². The quantitative estimate of drug-likeness (QED) is 0.531. The van der Waals surface area contributed by atoms with E-state index in [-0.39, 0.29) is 18.1 Å². The second-order valence-corrected chi connectivity index (χ2v) is 7.01. The smallest absolute Gasteiger partial charge is 0.278 e. The van der Waals surface area contributed by atoms with Crippen LogP contribution in [0.4, 0.5) is 11.4 Å². The average Bonchev–Trinajstić information content (AvgIpc) is 3.13. The van der Waals surface area contributed by atoms with Gasteiger partial charge in [-0.15, -0.1) is 5.10 Å². The van der Waals surface area contributed by atoms with E-state index in [1.54, 1.807) is 43.3 Å². The molecule has 2 aromatic carbocycles. The molecule has 3 rings (SSSR count). The molecule has 2 N–H and O–H groups in total. The van der Waals surface area contributed by atoms with Crippen LogP contribution in [0.5, 0.6) is 17.2 Å². The van der Waals surface area contributed by atoms with Crippen molar-refractivity contribution >= 4 is 34.8 Å². The molecule has 2 amide bonds. The Labute approximate surface area is 189 Å². The van der Waals surface area contributed by atoms with Crippen molar-refractivity contribution in [2.45, 2.75) is 13.5 Å². The Balaban J connectivity index is 1.70. The third kappa shape index (κ3) is 5.09. The van der Waals surface area contributed by atoms with Crippen molar-refractivity contribution in [3.05, 3.63) is 52.8 Å². The van der Waals surface area contributed by atoms with Gasteiger partial charge in [-0.2, -0.15) is 0 Å². The number of ether oxygens (including phenoxy) is 3. The normalized spacial score (nSPS) is 10.4. The summed E-state index contributed by atoms with van der Waals surface area (Å²) in [4.78, 5) is 25.2. The number of halogens is 1. The van der Waals surface area contributed by atoms with E-state index >= 15 is 0 Å². The predicted molar refractivity (Wildman–Crippen MR) is 119 cm³/mol. The highest BCUT2D eigenvalue weighted by Gasteiger charge is 2.20. The van der Waals surface area contributed by atoms with Gasteiger partial charge in [-0.25, -0.2) is 4.68 Å². The van der Waals surface area contributed by atoms with Gasteiger partial charge in [0.15, 0.2) is 5.69 Å². The highest BCUT2D eigenvalue weighted by atomic mass is 35.5. The van der Waals surface area contributed by atoms with Gasteiger partial charge in [0, 0.05) is 11.8 Å². The molecule has 10 nitrogen and oxygen atoms in total. The first-order valence-electron chi connectivity index (χ1n) is 9.43. The maximum absolute atomic E-state index is 12.7. The van der Waals surface area contributed by atoms with Gasteiger partial charge in [-0.3, -0.25) is 9.59 Å². The van der Waals surface area contributed by atoms with Crippen LogP contribution in [0.3, 0.4) is 0 Å². The Bertz CT molecular complexity index is 1150. The highest BCUT2D eigenvalue weighted by Crippen LogP contribution is 2.29. The topological polar surface area (TPSA) is 117 Å². The molecular formula is C21H22ClN5O5. The first-order chi connectivity index (χ1) is 15.4. The number of anilines is 2. The van der Waals surface area contributed by atoms with Gasteiger partial charge in [0.05, 0.1) is 37.7 Å². The molecule has 0 spiro atoms. The SMILES string of the molecule is COc1ccc(OC)c(NC(=O)c2nnn(CC(=O)Nc3ccc(OC)c(Cl)c3)c2C)c1. The van der Waals surface area contributed by atoms with Crippen molar-refractivity contribution in [3.63, 3.8) is 0 Å². The van der Waals surface area contributed by atoms with Crippen LogP contribution >= 0.6 is 11.6 Å². The van der Waals surface area contributed by atoms with Crippen LogP contribution in [0.15, 0.2) is 36.4 Å². The number of carbonyl (C=O) groups is 2. The summed E-state index contributed by atoms with van der Waals surface area (Å²) in [5, 5.41) is 13.7. The number of hydrogen-bond acceptors (Lipinski definition) is 7. The maximum Gasteiger partial charge on any atom is 0.278 e. The lowest BCUT2D eigenvalue weighted by molar-refractivity contribution is -0.117. The number of hydrogen-bond donors (Lipinski definition) is 2. The van der Waals surface area contributed by atoms with E-state index in [0.717, 1.165) is 0 Å². The lowest BCUT2D eigenvalue weighted by Crippen LogP contribution is -2.21. The largest absolute Gasteiger partial charge is 0.497 e. The van der Waals surface area contributed by atoms with Gasteiger partial charge in [-0.05, 0) is 37.3 Å². The van der Waals surface area contributed by atoms with Crippen molar-refractivity contribution in [1.29, 1.82) is 0 Å². The molecule has 0 atom stereocenters. The third-order valence-corrected chi connectivity index (χ3v) is 4.88. The Kier molecular flexibility index (Phi) is 7.16. The number of rotatable bonds is 8. The van der Waals surface area contributed by atoms with Crippen LogP contribution in [-0.2, 0) is 11.3 Å². The second kappa shape index (κ2) is 10.0. The molecule has 32 heavy (non-hydrogen) atoms. The van der Waals surface area contributed by atoms with E-state index in [1.807, 2.05) is 0 Å². The fraction of sp³-hybridized carbons (Fsp3) is 0.238. The summed E-state index contributed by atoms with van der Waals surface area (Å²) in [6.45, 7) is 1.51. The summed E-state index contributed by atoms with van der Waals surface area (Å²) in [6, 6.07) is 9.90. The third-order valence-electron chi connectivity index (χ3n) is 4.58. The fourth-order valence-electron chi connectivity index (χ4n) is 2.89. The summed E-state index contributed by atoms with van der Waals surface area (Å²) in [7, 11) is 4.52. The fourth-order valence-corrected chi connectivity index (χ4v) is 3.15. The molecule has 0 aliphatic heterocycles. The zero-order valence-corrected chi connectivity index (χ0v) is 18.7. The highest BCUT2D eigenvalue weighted by molar-refractivity contribution is 6.32. The zero-order valence-electron chi connectivity index (χ0n) is 17.9. The first kappa shape index (κ1) is 22.9. The lowest BCUT2D eigenvalue weighted by Gasteiger charge is -2.11. The number of methoxy groups -OCH3 is 3. The van der Waals surface area contributed by atoms with Crippen molar-refractivity contribution < 1.29 is 23.8 Å². The molecule has 1 heterocycles. The van der Waals surface area contributed by atoms with Gasteiger partial charge in [0.2, 0.25) is 5.91 Å². The Morgan fingerprint density at radius 1 is 1.00 bits per heavy atom. The van der Waals surface area contributed by atoms with Gasteiger partial charge < -0.3 is 24.8 Å². The number of nitrogens with one attached hydrogen (secondary N) is 2. The molecule has 0 aliphatic rings.